The number of anilines is 2. The minimum atomic E-state index is -0.694. The number of allylic oxidation sites excluding steroid dienone is 2. The summed E-state index contributed by atoms with van der Waals surface area (Å²) < 4.78 is 6.38. The van der Waals surface area contributed by atoms with Crippen LogP contribution < -0.4 is 15.5 Å². The zero-order chi connectivity index (χ0) is 25.0. The van der Waals surface area contributed by atoms with Crippen LogP contribution in [0.1, 0.15) is 37.8 Å². The van der Waals surface area contributed by atoms with Gasteiger partial charge in [-0.05, 0) is 49.1 Å². The van der Waals surface area contributed by atoms with Crippen LogP contribution in [0.2, 0.25) is 0 Å². The minimum Gasteiger partial charge on any atom is -0.396 e. The minimum absolute atomic E-state index is 0.0211. The molecule has 0 radical (unpaired) electrons. The number of carbonyl (C=O) groups excluding carboxylic acids is 1. The summed E-state index contributed by atoms with van der Waals surface area (Å²) in [6, 6.07) is 16.6. The van der Waals surface area contributed by atoms with Crippen LogP contribution in [0.25, 0.3) is 6.08 Å². The van der Waals surface area contributed by atoms with E-state index >= 15 is 0 Å². The van der Waals surface area contributed by atoms with E-state index < -0.39 is 5.72 Å². The molecule has 2 fully saturated rings. The van der Waals surface area contributed by atoms with E-state index in [0.717, 1.165) is 46.7 Å². The van der Waals surface area contributed by atoms with Crippen LogP contribution in [0.4, 0.5) is 11.4 Å². The maximum Gasteiger partial charge on any atom is 0.224 e. The lowest BCUT2D eigenvalue weighted by atomic mass is 9.93. The van der Waals surface area contributed by atoms with E-state index in [-0.39, 0.29) is 18.4 Å². The Bertz CT molecular complexity index is 1160. The molecule has 6 heteroatoms. The van der Waals surface area contributed by atoms with Crippen molar-refractivity contribution in [3.63, 3.8) is 0 Å². The average molecular weight is 472 g/mol. The van der Waals surface area contributed by atoms with Gasteiger partial charge >= 0.3 is 0 Å². The Morgan fingerprint density at radius 1 is 1.20 bits per heavy atom. The first-order valence-corrected chi connectivity index (χ1v) is 12.0. The molecule has 6 nitrogen and oxygen atoms in total. The molecule has 3 aliphatic heterocycles. The number of fused-ring (bicyclic) bond motifs is 1. The molecular formula is C29H33N3O3. The van der Waals surface area contributed by atoms with E-state index in [1.165, 1.54) is 5.56 Å². The SMILES string of the molecule is C#C.C/C(=C1\Cc2ccccc2N1)N(c1ccccc1/C=C1\CNC(=O)C1)[C@@]1(C)OCCC1CO. The quantitative estimate of drug-likeness (QED) is 0.568. The topological polar surface area (TPSA) is 73.8 Å². The van der Waals surface area contributed by atoms with Crippen molar-refractivity contribution in [2.24, 2.45) is 5.92 Å². The summed E-state index contributed by atoms with van der Waals surface area (Å²) >= 11 is 0. The smallest absolute Gasteiger partial charge is 0.224 e. The summed E-state index contributed by atoms with van der Waals surface area (Å²) in [5, 5.41) is 16.7. The molecule has 2 aromatic carbocycles. The highest BCUT2D eigenvalue weighted by Crippen LogP contribution is 2.43. The number of aliphatic hydroxyl groups excluding tert-OH is 1. The van der Waals surface area contributed by atoms with Crippen molar-refractivity contribution in [2.75, 3.05) is 30.0 Å². The van der Waals surface area contributed by atoms with E-state index in [2.05, 4.69) is 78.6 Å². The molecule has 1 unspecified atom stereocenters. The molecule has 0 bridgehead atoms. The van der Waals surface area contributed by atoms with Crippen LogP contribution in [-0.4, -0.2) is 36.5 Å². The van der Waals surface area contributed by atoms with Gasteiger partial charge in [0.25, 0.3) is 0 Å². The number of carbonyl (C=O) groups is 1. The van der Waals surface area contributed by atoms with Crippen molar-refractivity contribution in [3.05, 3.63) is 76.6 Å². The lowest BCUT2D eigenvalue weighted by Gasteiger charge is -2.44. The van der Waals surface area contributed by atoms with Crippen LogP contribution in [0.5, 0.6) is 0 Å². The molecule has 2 atom stereocenters. The molecule has 2 saturated heterocycles. The molecule has 0 aromatic heterocycles. The molecule has 3 heterocycles. The second-order valence-electron chi connectivity index (χ2n) is 9.24. The number of terminal acetylenes is 1. The molecule has 3 aliphatic rings. The first-order valence-electron chi connectivity index (χ1n) is 12.0. The number of benzene rings is 2. The second-order valence-corrected chi connectivity index (χ2v) is 9.24. The number of ether oxygens (including phenoxy) is 1. The van der Waals surface area contributed by atoms with E-state index in [1.807, 2.05) is 18.2 Å². The predicted molar refractivity (Wildman–Crippen MR) is 140 cm³/mol. The molecule has 0 aliphatic carbocycles. The first-order chi connectivity index (χ1) is 17.0. The average Bonchev–Trinajstić information content (AvgIpc) is 3.59. The zero-order valence-corrected chi connectivity index (χ0v) is 20.4. The fourth-order valence-corrected chi connectivity index (χ4v) is 5.28. The Balaban J connectivity index is 0.00000141. The standard InChI is InChI=1S/C27H31N3O3.C2H2/c1-18(24-15-20-7-3-5-9-23(20)29-24)30(27(2)22(17-31)11-12-33-27)25-10-6-4-8-21(25)13-19-14-26(32)28-16-19;1-2/h3-10,13,22,29,31H,11-12,14-17H2,1-2H3,(H,28,32);1-2H/b19-13-,24-18-;/t22?,27-;/m0./s1. The summed E-state index contributed by atoms with van der Waals surface area (Å²) in [5.41, 5.74) is 7.03. The van der Waals surface area contributed by atoms with Crippen molar-refractivity contribution in [1.82, 2.24) is 5.32 Å². The van der Waals surface area contributed by atoms with Crippen LogP contribution in [0.3, 0.4) is 0 Å². The summed E-state index contributed by atoms with van der Waals surface area (Å²) in [7, 11) is 0. The Kier molecular flexibility index (Phi) is 7.30. The van der Waals surface area contributed by atoms with Crippen molar-refractivity contribution >= 4 is 23.4 Å². The predicted octanol–water partition coefficient (Wildman–Crippen LogP) is 4.29. The van der Waals surface area contributed by atoms with E-state index in [4.69, 9.17) is 4.74 Å². The Morgan fingerprint density at radius 2 is 1.94 bits per heavy atom. The largest absolute Gasteiger partial charge is 0.396 e. The highest BCUT2D eigenvalue weighted by molar-refractivity contribution is 5.85. The summed E-state index contributed by atoms with van der Waals surface area (Å²) in [6.07, 6.45) is 12.2. The van der Waals surface area contributed by atoms with Gasteiger partial charge in [0.15, 0.2) is 0 Å². The molecular weight excluding hydrogens is 438 g/mol. The molecule has 0 spiro atoms. The number of aliphatic hydroxyl groups is 1. The third kappa shape index (κ3) is 4.70. The highest BCUT2D eigenvalue weighted by Gasteiger charge is 2.46. The van der Waals surface area contributed by atoms with Gasteiger partial charge < -0.3 is 25.4 Å². The van der Waals surface area contributed by atoms with Gasteiger partial charge in [-0.2, -0.15) is 0 Å². The molecule has 3 N–H and O–H groups in total. The van der Waals surface area contributed by atoms with Gasteiger partial charge in [-0.15, -0.1) is 12.8 Å². The van der Waals surface area contributed by atoms with Crippen LogP contribution in [-0.2, 0) is 16.0 Å². The summed E-state index contributed by atoms with van der Waals surface area (Å²) in [4.78, 5) is 14.0. The number of rotatable bonds is 5. The van der Waals surface area contributed by atoms with Crippen molar-refractivity contribution < 1.29 is 14.6 Å². The van der Waals surface area contributed by atoms with Gasteiger partial charge in [0.1, 0.15) is 5.72 Å². The number of amides is 1. The number of para-hydroxylation sites is 2. The molecule has 35 heavy (non-hydrogen) atoms. The fourth-order valence-electron chi connectivity index (χ4n) is 5.28. The summed E-state index contributed by atoms with van der Waals surface area (Å²) in [5.74, 6) is 0.0421. The molecule has 5 rings (SSSR count). The second kappa shape index (κ2) is 10.4. The maximum atomic E-state index is 11.8. The monoisotopic (exact) mass is 471 g/mol. The third-order valence-electron chi connectivity index (χ3n) is 7.16. The number of nitrogens with zero attached hydrogens (tertiary/aromatic N) is 1. The number of hydrogen-bond acceptors (Lipinski definition) is 5. The van der Waals surface area contributed by atoms with Crippen molar-refractivity contribution in [2.45, 2.75) is 38.8 Å². The van der Waals surface area contributed by atoms with Crippen LogP contribution in [0.15, 0.2) is 65.5 Å². The highest BCUT2D eigenvalue weighted by atomic mass is 16.5. The molecule has 0 saturated carbocycles. The van der Waals surface area contributed by atoms with Crippen LogP contribution >= 0.6 is 0 Å². The molecule has 2 aromatic rings. The molecule has 182 valence electrons. The van der Waals surface area contributed by atoms with E-state index in [1.54, 1.807) is 0 Å². The van der Waals surface area contributed by atoms with Crippen molar-refractivity contribution in [3.8, 4) is 12.8 Å². The Hall–Kier alpha value is -3.53. The lowest BCUT2D eigenvalue weighted by molar-refractivity contribution is -0.118. The Morgan fingerprint density at radius 3 is 2.66 bits per heavy atom. The van der Waals surface area contributed by atoms with Gasteiger partial charge in [-0.1, -0.05) is 42.5 Å². The molecule has 1 amide bonds. The van der Waals surface area contributed by atoms with Gasteiger partial charge in [0.2, 0.25) is 5.91 Å². The Labute approximate surface area is 207 Å². The van der Waals surface area contributed by atoms with Gasteiger partial charge in [-0.25, -0.2) is 0 Å². The van der Waals surface area contributed by atoms with Gasteiger partial charge in [0.05, 0.1) is 18.9 Å². The first kappa shape index (κ1) is 24.6. The third-order valence-corrected chi connectivity index (χ3v) is 7.16. The summed E-state index contributed by atoms with van der Waals surface area (Å²) in [6.45, 7) is 5.45. The fraction of sp³-hybridized carbons (Fsp3) is 0.345. The van der Waals surface area contributed by atoms with Gasteiger partial charge in [0, 0.05) is 42.4 Å². The lowest BCUT2D eigenvalue weighted by Crippen LogP contribution is -2.51. The van der Waals surface area contributed by atoms with E-state index in [9.17, 15) is 9.90 Å². The van der Waals surface area contributed by atoms with Crippen LogP contribution in [0, 0.1) is 18.8 Å². The van der Waals surface area contributed by atoms with E-state index in [0.29, 0.717) is 19.6 Å². The maximum absolute atomic E-state index is 11.8. The number of nitrogens with one attached hydrogen (secondary N) is 2. The normalized spacial score (nSPS) is 25.3. The zero-order valence-electron chi connectivity index (χ0n) is 20.4. The van der Waals surface area contributed by atoms with Gasteiger partial charge in [-0.3, -0.25) is 4.79 Å². The number of hydrogen-bond donors (Lipinski definition) is 3. The van der Waals surface area contributed by atoms with Crippen molar-refractivity contribution in [1.29, 1.82) is 0 Å².